The Kier molecular flexibility index (Phi) is 4.82. The van der Waals surface area contributed by atoms with E-state index in [4.69, 9.17) is 4.42 Å². The lowest BCUT2D eigenvalue weighted by Crippen LogP contribution is -2.23. The van der Waals surface area contributed by atoms with Gasteiger partial charge in [0.1, 0.15) is 22.8 Å². The van der Waals surface area contributed by atoms with Crippen LogP contribution in [0.15, 0.2) is 86.8 Å². The number of nitrogens with one attached hydrogen (secondary N) is 1. The van der Waals surface area contributed by atoms with Crippen molar-refractivity contribution in [2.45, 2.75) is 6.92 Å². The van der Waals surface area contributed by atoms with E-state index in [1.165, 1.54) is 22.8 Å². The minimum absolute atomic E-state index is 0.190. The summed E-state index contributed by atoms with van der Waals surface area (Å²) in [7, 11) is 0. The van der Waals surface area contributed by atoms with Gasteiger partial charge in [-0.05, 0) is 49.4 Å². The fraction of sp³-hybridized carbons (Fsp3) is 0.0400. The average Bonchev–Trinajstić information content (AvgIpc) is 2.80. The molecule has 3 aromatic carbocycles. The molecular formula is C25H16FN3O4. The van der Waals surface area contributed by atoms with E-state index in [1.807, 2.05) is 0 Å². The molecule has 0 aliphatic carbocycles. The van der Waals surface area contributed by atoms with Gasteiger partial charge in [-0.15, -0.1) is 0 Å². The number of anilines is 1. The van der Waals surface area contributed by atoms with E-state index >= 15 is 0 Å². The van der Waals surface area contributed by atoms with Crippen LogP contribution in [0.25, 0.3) is 27.6 Å². The van der Waals surface area contributed by atoms with Gasteiger partial charge in [0.15, 0.2) is 0 Å². The molecule has 0 unspecified atom stereocenters. The summed E-state index contributed by atoms with van der Waals surface area (Å²) < 4.78 is 21.1. The molecule has 0 saturated heterocycles. The van der Waals surface area contributed by atoms with E-state index in [9.17, 15) is 18.8 Å². The van der Waals surface area contributed by atoms with Gasteiger partial charge in [-0.1, -0.05) is 30.3 Å². The minimum Gasteiger partial charge on any atom is -0.422 e. The van der Waals surface area contributed by atoms with Crippen molar-refractivity contribution in [3.05, 3.63) is 111 Å². The highest BCUT2D eigenvalue weighted by molar-refractivity contribution is 6.05. The standard InChI is InChI=1S/C25H16FN3O4/c1-14-27-20-8-4-3-7-17(20)24(31)29(14)16-10-11-19(26)21(13-16)28-23(30)18-12-15-6-2-5-9-22(15)33-25(18)32/h2-13H,1H3,(H,28,30). The van der Waals surface area contributed by atoms with Crippen molar-refractivity contribution in [2.75, 3.05) is 5.32 Å². The SMILES string of the molecule is Cc1nc2ccccc2c(=O)n1-c1ccc(F)c(NC(=O)c2cc3ccccc3oc2=O)c1. The van der Waals surface area contributed by atoms with Crippen LogP contribution in [0.4, 0.5) is 10.1 Å². The number of hydrogen-bond acceptors (Lipinski definition) is 5. The van der Waals surface area contributed by atoms with Crippen molar-refractivity contribution < 1.29 is 13.6 Å². The Labute approximate surface area is 185 Å². The first-order valence-electron chi connectivity index (χ1n) is 10.0. The maximum Gasteiger partial charge on any atom is 0.349 e. The molecule has 7 nitrogen and oxygen atoms in total. The molecule has 0 radical (unpaired) electrons. The summed E-state index contributed by atoms with van der Waals surface area (Å²) in [5, 5.41) is 3.37. The number of rotatable bonds is 3. The van der Waals surface area contributed by atoms with E-state index in [2.05, 4.69) is 10.3 Å². The van der Waals surface area contributed by atoms with Gasteiger partial charge in [-0.2, -0.15) is 0 Å². The number of halogens is 1. The van der Waals surface area contributed by atoms with Gasteiger partial charge in [0, 0.05) is 5.39 Å². The summed E-state index contributed by atoms with van der Waals surface area (Å²) >= 11 is 0. The van der Waals surface area contributed by atoms with Gasteiger partial charge in [-0.25, -0.2) is 14.2 Å². The van der Waals surface area contributed by atoms with Crippen LogP contribution in [0.1, 0.15) is 16.2 Å². The number of aromatic nitrogens is 2. The first-order chi connectivity index (χ1) is 15.9. The predicted octanol–water partition coefficient (Wildman–Crippen LogP) is 4.19. The summed E-state index contributed by atoms with van der Waals surface area (Å²) in [6.45, 7) is 1.66. The monoisotopic (exact) mass is 441 g/mol. The van der Waals surface area contributed by atoms with Crippen LogP contribution in [0.5, 0.6) is 0 Å². The quantitative estimate of drug-likeness (QED) is 0.424. The van der Waals surface area contributed by atoms with Crippen molar-refractivity contribution in [2.24, 2.45) is 0 Å². The molecule has 0 spiro atoms. The lowest BCUT2D eigenvalue weighted by Gasteiger charge is -2.13. The molecule has 0 aliphatic heterocycles. The summed E-state index contributed by atoms with van der Waals surface area (Å²) in [5.74, 6) is -1.15. The Morgan fingerprint density at radius 1 is 1.00 bits per heavy atom. The number of carbonyl (C=O) groups is 1. The second kappa shape index (κ2) is 7.83. The highest BCUT2D eigenvalue weighted by Gasteiger charge is 2.17. The van der Waals surface area contributed by atoms with Crippen LogP contribution in [0.2, 0.25) is 0 Å². The van der Waals surface area contributed by atoms with Crippen molar-refractivity contribution in [1.82, 2.24) is 9.55 Å². The van der Waals surface area contributed by atoms with Crippen LogP contribution in [0.3, 0.4) is 0 Å². The number of benzene rings is 3. The average molecular weight is 441 g/mol. The number of amides is 1. The van der Waals surface area contributed by atoms with E-state index in [-0.39, 0.29) is 16.8 Å². The number of para-hydroxylation sites is 2. The highest BCUT2D eigenvalue weighted by Crippen LogP contribution is 2.21. The van der Waals surface area contributed by atoms with Gasteiger partial charge in [0.25, 0.3) is 11.5 Å². The Bertz CT molecular complexity index is 1690. The maximum atomic E-state index is 14.5. The van der Waals surface area contributed by atoms with Gasteiger partial charge in [-0.3, -0.25) is 14.2 Å². The van der Waals surface area contributed by atoms with Crippen molar-refractivity contribution in [1.29, 1.82) is 0 Å². The minimum atomic E-state index is -0.839. The number of carbonyl (C=O) groups excluding carboxylic acids is 1. The molecule has 5 aromatic rings. The van der Waals surface area contributed by atoms with E-state index in [1.54, 1.807) is 55.5 Å². The predicted molar refractivity (Wildman–Crippen MR) is 122 cm³/mol. The number of hydrogen-bond donors (Lipinski definition) is 1. The summed E-state index contributed by atoms with van der Waals surface area (Å²) in [6, 6.07) is 18.9. The van der Waals surface area contributed by atoms with Crippen LogP contribution >= 0.6 is 0 Å². The number of fused-ring (bicyclic) bond motifs is 2. The Morgan fingerprint density at radius 2 is 1.76 bits per heavy atom. The second-order valence-corrected chi connectivity index (χ2v) is 7.42. The molecule has 5 rings (SSSR count). The zero-order valence-corrected chi connectivity index (χ0v) is 17.3. The Balaban J connectivity index is 1.56. The zero-order valence-electron chi connectivity index (χ0n) is 17.3. The zero-order chi connectivity index (χ0) is 23.1. The highest BCUT2D eigenvalue weighted by atomic mass is 19.1. The van der Waals surface area contributed by atoms with Crippen LogP contribution < -0.4 is 16.5 Å². The van der Waals surface area contributed by atoms with E-state index in [0.717, 1.165) is 6.07 Å². The van der Waals surface area contributed by atoms with Crippen LogP contribution in [-0.4, -0.2) is 15.5 Å². The van der Waals surface area contributed by atoms with Crippen LogP contribution in [-0.2, 0) is 0 Å². The van der Waals surface area contributed by atoms with Gasteiger partial charge < -0.3 is 9.73 Å². The lowest BCUT2D eigenvalue weighted by atomic mass is 10.1. The molecule has 1 N–H and O–H groups in total. The molecule has 2 aromatic heterocycles. The third-order valence-corrected chi connectivity index (χ3v) is 5.29. The largest absolute Gasteiger partial charge is 0.422 e. The molecule has 33 heavy (non-hydrogen) atoms. The molecule has 2 heterocycles. The number of nitrogens with zero attached hydrogens (tertiary/aromatic N) is 2. The lowest BCUT2D eigenvalue weighted by molar-refractivity contribution is 0.102. The summed E-state index contributed by atoms with van der Waals surface area (Å²) in [5.41, 5.74) is -0.409. The van der Waals surface area contributed by atoms with Gasteiger partial charge in [0.2, 0.25) is 0 Å². The Morgan fingerprint density at radius 3 is 2.61 bits per heavy atom. The first kappa shape index (κ1) is 20.3. The third kappa shape index (κ3) is 3.57. The third-order valence-electron chi connectivity index (χ3n) is 5.29. The van der Waals surface area contributed by atoms with Crippen molar-refractivity contribution in [3.8, 4) is 5.69 Å². The second-order valence-electron chi connectivity index (χ2n) is 7.42. The smallest absolute Gasteiger partial charge is 0.349 e. The maximum absolute atomic E-state index is 14.5. The molecule has 0 aliphatic rings. The molecule has 1 amide bonds. The molecule has 8 heteroatoms. The summed E-state index contributed by atoms with van der Waals surface area (Å²) in [6.07, 6.45) is 0. The topological polar surface area (TPSA) is 94.2 Å². The van der Waals surface area contributed by atoms with Crippen molar-refractivity contribution >= 4 is 33.5 Å². The van der Waals surface area contributed by atoms with Gasteiger partial charge in [0.05, 0.1) is 22.3 Å². The van der Waals surface area contributed by atoms with E-state index in [0.29, 0.717) is 33.4 Å². The fourth-order valence-corrected chi connectivity index (χ4v) is 3.71. The van der Waals surface area contributed by atoms with Crippen LogP contribution in [0, 0.1) is 12.7 Å². The van der Waals surface area contributed by atoms with Crippen molar-refractivity contribution in [3.63, 3.8) is 0 Å². The molecular weight excluding hydrogens is 425 g/mol. The molecule has 162 valence electrons. The molecule has 0 fully saturated rings. The molecule has 0 atom stereocenters. The number of aryl methyl sites for hydroxylation is 1. The fourth-order valence-electron chi connectivity index (χ4n) is 3.71. The molecule has 0 saturated carbocycles. The van der Waals surface area contributed by atoms with Gasteiger partial charge >= 0.3 is 5.63 Å². The Hall–Kier alpha value is -4.59. The summed E-state index contributed by atoms with van der Waals surface area (Å²) in [4.78, 5) is 42.5. The first-order valence-corrected chi connectivity index (χ1v) is 10.0. The van der Waals surface area contributed by atoms with E-state index < -0.39 is 17.3 Å². The normalized spacial score (nSPS) is 11.1. The molecule has 0 bridgehead atoms.